The molecule has 210 valence electrons. The molecular formula is C27H25F6NO4S. The highest BCUT2D eigenvalue weighted by Crippen LogP contribution is 2.38. The Balaban J connectivity index is 1.94. The molecule has 0 aliphatic carbocycles. The minimum atomic E-state index is -5.19. The zero-order valence-electron chi connectivity index (χ0n) is 20.6. The van der Waals surface area contributed by atoms with Gasteiger partial charge >= 0.3 is 18.3 Å². The Hall–Kier alpha value is -3.54. The molecule has 0 aliphatic rings. The second kappa shape index (κ2) is 11.7. The summed E-state index contributed by atoms with van der Waals surface area (Å²) in [5, 5.41) is 10.4. The standard InChI is InChI=1S/C27H25F6NO4S/c1-2-5-24(39(37,38)22-15-20(26(28,29)30)14-21(16-22)27(31,32)33)34-23-7-4-3-6-18(23)11-8-17-9-12-19(13-10-17)25(35)36/h3-4,6-7,9-10,12-16,24,34H,2,5,8,11H2,1H3,(H,35,36). The van der Waals surface area contributed by atoms with Crippen molar-refractivity contribution >= 4 is 21.5 Å². The molecule has 0 fully saturated rings. The van der Waals surface area contributed by atoms with E-state index in [-0.39, 0.29) is 36.6 Å². The van der Waals surface area contributed by atoms with E-state index in [4.69, 9.17) is 5.11 Å². The average Bonchev–Trinajstić information content (AvgIpc) is 2.86. The van der Waals surface area contributed by atoms with Crippen LogP contribution in [-0.2, 0) is 35.0 Å². The zero-order chi connectivity index (χ0) is 29.0. The molecule has 0 amide bonds. The minimum absolute atomic E-state index is 0.0785. The Morgan fingerprint density at radius 3 is 1.95 bits per heavy atom. The van der Waals surface area contributed by atoms with Gasteiger partial charge in [0, 0.05) is 5.69 Å². The average molecular weight is 574 g/mol. The van der Waals surface area contributed by atoms with Gasteiger partial charge in [0.05, 0.1) is 21.6 Å². The number of hydrogen-bond donors (Lipinski definition) is 2. The molecule has 1 atom stereocenters. The molecule has 0 bridgehead atoms. The molecule has 0 radical (unpaired) electrons. The third kappa shape index (κ3) is 7.53. The number of para-hydroxylation sites is 1. The maximum absolute atomic E-state index is 13.4. The number of hydrogen-bond acceptors (Lipinski definition) is 4. The Kier molecular flexibility index (Phi) is 8.99. The summed E-state index contributed by atoms with van der Waals surface area (Å²) >= 11 is 0. The molecule has 2 N–H and O–H groups in total. The van der Waals surface area contributed by atoms with Gasteiger partial charge < -0.3 is 10.4 Å². The molecule has 0 spiro atoms. The number of anilines is 1. The summed E-state index contributed by atoms with van der Waals surface area (Å²) < 4.78 is 107. The van der Waals surface area contributed by atoms with Crippen LogP contribution in [-0.4, -0.2) is 24.9 Å². The topological polar surface area (TPSA) is 83.5 Å². The van der Waals surface area contributed by atoms with Gasteiger partial charge in [0.15, 0.2) is 9.84 Å². The van der Waals surface area contributed by atoms with Crippen molar-refractivity contribution in [1.82, 2.24) is 0 Å². The van der Waals surface area contributed by atoms with E-state index in [1.54, 1.807) is 43.3 Å². The lowest BCUT2D eigenvalue weighted by atomic mass is 10.0. The number of benzene rings is 3. The summed E-state index contributed by atoms with van der Waals surface area (Å²) in [6.45, 7) is 1.64. The first-order valence-corrected chi connectivity index (χ1v) is 13.4. The lowest BCUT2D eigenvalue weighted by molar-refractivity contribution is -0.143. The fraction of sp³-hybridized carbons (Fsp3) is 0.296. The Labute approximate surface area is 221 Å². The fourth-order valence-electron chi connectivity index (χ4n) is 3.97. The van der Waals surface area contributed by atoms with Gasteiger partial charge in [-0.2, -0.15) is 26.3 Å². The smallest absolute Gasteiger partial charge is 0.416 e. The number of sulfone groups is 1. The highest BCUT2D eigenvalue weighted by molar-refractivity contribution is 7.92. The Morgan fingerprint density at radius 2 is 1.44 bits per heavy atom. The van der Waals surface area contributed by atoms with Gasteiger partial charge in [-0.3, -0.25) is 0 Å². The molecule has 0 aromatic heterocycles. The van der Waals surface area contributed by atoms with E-state index in [1.807, 2.05) is 0 Å². The lowest BCUT2D eigenvalue weighted by Crippen LogP contribution is -2.30. The summed E-state index contributed by atoms with van der Waals surface area (Å²) in [5.74, 6) is -1.07. The van der Waals surface area contributed by atoms with Crippen LogP contribution in [0.15, 0.2) is 71.6 Å². The Bertz CT molecular complexity index is 1390. The molecule has 3 aromatic rings. The molecule has 39 heavy (non-hydrogen) atoms. The van der Waals surface area contributed by atoms with E-state index in [1.165, 1.54) is 12.1 Å². The van der Waals surface area contributed by atoms with Crippen molar-refractivity contribution in [2.45, 2.75) is 55.2 Å². The van der Waals surface area contributed by atoms with Crippen molar-refractivity contribution in [1.29, 1.82) is 0 Å². The van der Waals surface area contributed by atoms with E-state index in [9.17, 15) is 39.6 Å². The fourth-order valence-corrected chi connectivity index (χ4v) is 5.71. The van der Waals surface area contributed by atoms with Crippen LogP contribution in [0.4, 0.5) is 32.0 Å². The SMILES string of the molecule is CCCC(Nc1ccccc1CCc1ccc(C(=O)O)cc1)S(=O)(=O)c1cc(C(F)(F)F)cc(C(F)(F)F)c1. The highest BCUT2D eigenvalue weighted by atomic mass is 32.2. The maximum atomic E-state index is 13.4. The van der Waals surface area contributed by atoms with E-state index >= 15 is 0 Å². The van der Waals surface area contributed by atoms with Crippen LogP contribution >= 0.6 is 0 Å². The lowest BCUT2D eigenvalue weighted by Gasteiger charge is -2.23. The van der Waals surface area contributed by atoms with E-state index in [2.05, 4.69) is 5.32 Å². The predicted octanol–water partition coefficient (Wildman–Crippen LogP) is 7.22. The number of carboxylic acids is 1. The molecule has 5 nitrogen and oxygen atoms in total. The van der Waals surface area contributed by atoms with Crippen LogP contribution in [0, 0.1) is 0 Å². The molecule has 1 unspecified atom stereocenters. The van der Waals surface area contributed by atoms with Crippen LogP contribution < -0.4 is 5.32 Å². The first-order chi connectivity index (χ1) is 18.1. The second-order valence-electron chi connectivity index (χ2n) is 8.87. The van der Waals surface area contributed by atoms with Gasteiger partial charge in [0.25, 0.3) is 0 Å². The Morgan fingerprint density at radius 1 is 0.872 bits per heavy atom. The van der Waals surface area contributed by atoms with Crippen molar-refractivity contribution in [2.24, 2.45) is 0 Å². The third-order valence-corrected chi connectivity index (χ3v) is 8.03. The van der Waals surface area contributed by atoms with E-state index in [0.29, 0.717) is 24.1 Å². The van der Waals surface area contributed by atoms with Gasteiger partial charge in [-0.05, 0) is 66.8 Å². The van der Waals surface area contributed by atoms with Crippen LogP contribution in [0.2, 0.25) is 0 Å². The first-order valence-electron chi connectivity index (χ1n) is 11.8. The first kappa shape index (κ1) is 30.0. The predicted molar refractivity (Wildman–Crippen MR) is 133 cm³/mol. The monoisotopic (exact) mass is 573 g/mol. The normalized spacial score (nSPS) is 13.2. The van der Waals surface area contributed by atoms with Crippen molar-refractivity contribution in [3.05, 3.63) is 94.5 Å². The molecule has 12 heteroatoms. The van der Waals surface area contributed by atoms with Crippen molar-refractivity contribution in [3.8, 4) is 0 Å². The third-order valence-electron chi connectivity index (χ3n) is 6.03. The summed E-state index contributed by atoms with van der Waals surface area (Å²) in [4.78, 5) is 9.96. The number of aromatic carboxylic acids is 1. The largest absolute Gasteiger partial charge is 0.478 e. The summed E-state index contributed by atoms with van der Waals surface area (Å²) in [7, 11) is -4.69. The summed E-state index contributed by atoms with van der Waals surface area (Å²) in [6, 6.07) is 13.2. The molecular weight excluding hydrogens is 548 g/mol. The number of rotatable bonds is 10. The van der Waals surface area contributed by atoms with Gasteiger partial charge in [-0.25, -0.2) is 13.2 Å². The number of carbonyl (C=O) groups is 1. The number of aryl methyl sites for hydroxylation is 2. The number of nitrogens with one attached hydrogen (secondary N) is 1. The summed E-state index contributed by atoms with van der Waals surface area (Å²) in [6.07, 6.45) is -9.31. The van der Waals surface area contributed by atoms with E-state index in [0.717, 1.165) is 5.56 Å². The number of alkyl halides is 6. The molecule has 0 saturated heterocycles. The van der Waals surface area contributed by atoms with Crippen LogP contribution in [0.5, 0.6) is 0 Å². The van der Waals surface area contributed by atoms with Gasteiger partial charge in [0.2, 0.25) is 0 Å². The van der Waals surface area contributed by atoms with Crippen molar-refractivity contribution in [2.75, 3.05) is 5.32 Å². The van der Waals surface area contributed by atoms with Crippen molar-refractivity contribution in [3.63, 3.8) is 0 Å². The second-order valence-corrected chi connectivity index (χ2v) is 11.0. The molecule has 0 heterocycles. The maximum Gasteiger partial charge on any atom is 0.416 e. The molecule has 0 saturated carbocycles. The quantitative estimate of drug-likeness (QED) is 0.250. The minimum Gasteiger partial charge on any atom is -0.478 e. The molecule has 3 aromatic carbocycles. The van der Waals surface area contributed by atoms with Crippen LogP contribution in [0.1, 0.15) is 52.4 Å². The van der Waals surface area contributed by atoms with Gasteiger partial charge in [0.1, 0.15) is 5.37 Å². The zero-order valence-corrected chi connectivity index (χ0v) is 21.4. The van der Waals surface area contributed by atoms with Crippen LogP contribution in [0.25, 0.3) is 0 Å². The van der Waals surface area contributed by atoms with Crippen molar-refractivity contribution < 1.29 is 44.7 Å². The molecule has 3 rings (SSSR count). The molecule has 0 aliphatic heterocycles. The van der Waals surface area contributed by atoms with Crippen LogP contribution in [0.3, 0.4) is 0 Å². The highest BCUT2D eigenvalue weighted by Gasteiger charge is 2.39. The van der Waals surface area contributed by atoms with E-state index < -0.39 is 49.6 Å². The van der Waals surface area contributed by atoms with Gasteiger partial charge in [-0.15, -0.1) is 0 Å². The number of carboxylic acid groups (broad SMARTS) is 1. The number of halogens is 6. The van der Waals surface area contributed by atoms with Gasteiger partial charge in [-0.1, -0.05) is 43.7 Å². The summed E-state index contributed by atoms with van der Waals surface area (Å²) in [5.41, 5.74) is -1.45.